The zero-order valence-corrected chi connectivity index (χ0v) is 11.3. The van der Waals surface area contributed by atoms with Crippen molar-refractivity contribution in [2.45, 2.75) is 33.4 Å². The summed E-state index contributed by atoms with van der Waals surface area (Å²) in [6.07, 6.45) is 0. The Morgan fingerprint density at radius 2 is 2.11 bits per heavy atom. The number of hydrogen-bond acceptors (Lipinski definition) is 4. The van der Waals surface area contributed by atoms with Gasteiger partial charge in [0.1, 0.15) is 5.52 Å². The van der Waals surface area contributed by atoms with Crippen LogP contribution in [0.2, 0.25) is 0 Å². The van der Waals surface area contributed by atoms with Crippen molar-refractivity contribution in [1.29, 1.82) is 0 Å². The highest BCUT2D eigenvalue weighted by molar-refractivity contribution is 5.73. The first-order valence-electron chi connectivity index (χ1n) is 6.45. The molecule has 0 amide bonds. The van der Waals surface area contributed by atoms with Gasteiger partial charge in [-0.3, -0.25) is 0 Å². The molecule has 0 radical (unpaired) electrons. The molecule has 1 aromatic carbocycles. The van der Waals surface area contributed by atoms with Gasteiger partial charge in [0.2, 0.25) is 0 Å². The molecule has 0 aliphatic heterocycles. The summed E-state index contributed by atoms with van der Waals surface area (Å²) in [5.74, 6) is 0.719. The highest BCUT2D eigenvalue weighted by Crippen LogP contribution is 2.16. The van der Waals surface area contributed by atoms with E-state index in [1.54, 1.807) is 0 Å². The van der Waals surface area contributed by atoms with Crippen LogP contribution in [-0.2, 0) is 6.54 Å². The third-order valence-corrected chi connectivity index (χ3v) is 2.74. The van der Waals surface area contributed by atoms with Gasteiger partial charge in [0.25, 0.3) is 0 Å². The minimum Gasteiger partial charge on any atom is -0.441 e. The van der Waals surface area contributed by atoms with Crippen LogP contribution in [0.1, 0.15) is 25.3 Å². The van der Waals surface area contributed by atoms with E-state index in [-0.39, 0.29) is 0 Å². The molecule has 0 saturated heterocycles. The molecular formula is C14H21N3O. The summed E-state index contributed by atoms with van der Waals surface area (Å²) in [6, 6.07) is 6.70. The van der Waals surface area contributed by atoms with E-state index < -0.39 is 0 Å². The van der Waals surface area contributed by atoms with Crippen molar-refractivity contribution >= 4 is 11.1 Å². The Hall–Kier alpha value is -1.39. The van der Waals surface area contributed by atoms with Crippen LogP contribution in [0.25, 0.3) is 11.1 Å². The quantitative estimate of drug-likeness (QED) is 0.769. The number of aryl methyl sites for hydroxylation is 1. The Morgan fingerprint density at radius 3 is 2.89 bits per heavy atom. The van der Waals surface area contributed by atoms with E-state index in [0.717, 1.165) is 36.6 Å². The van der Waals surface area contributed by atoms with E-state index >= 15 is 0 Å². The van der Waals surface area contributed by atoms with Gasteiger partial charge in [0, 0.05) is 32.6 Å². The van der Waals surface area contributed by atoms with Gasteiger partial charge >= 0.3 is 0 Å². The van der Waals surface area contributed by atoms with Crippen molar-refractivity contribution in [2.75, 3.05) is 13.1 Å². The Morgan fingerprint density at radius 1 is 1.28 bits per heavy atom. The summed E-state index contributed by atoms with van der Waals surface area (Å²) in [7, 11) is 0. The van der Waals surface area contributed by atoms with Crippen molar-refractivity contribution in [2.24, 2.45) is 0 Å². The highest BCUT2D eigenvalue weighted by Gasteiger charge is 2.02. The molecule has 1 aromatic heterocycles. The molecular weight excluding hydrogens is 226 g/mol. The van der Waals surface area contributed by atoms with E-state index in [1.807, 2.05) is 13.0 Å². The molecule has 0 bridgehead atoms. The topological polar surface area (TPSA) is 50.1 Å². The lowest BCUT2D eigenvalue weighted by Crippen LogP contribution is -2.31. The largest absolute Gasteiger partial charge is 0.441 e. The molecule has 2 rings (SSSR count). The fraction of sp³-hybridized carbons (Fsp3) is 0.500. The second-order valence-electron chi connectivity index (χ2n) is 4.82. The van der Waals surface area contributed by atoms with Gasteiger partial charge in [-0.05, 0) is 17.7 Å². The van der Waals surface area contributed by atoms with Crippen molar-refractivity contribution in [1.82, 2.24) is 15.6 Å². The van der Waals surface area contributed by atoms with Crippen LogP contribution in [-0.4, -0.2) is 24.1 Å². The molecule has 1 heterocycles. The smallest absolute Gasteiger partial charge is 0.192 e. The zero-order chi connectivity index (χ0) is 13.0. The number of hydrogen-bond donors (Lipinski definition) is 2. The van der Waals surface area contributed by atoms with Gasteiger partial charge in [-0.2, -0.15) is 0 Å². The Kier molecular flexibility index (Phi) is 4.33. The highest BCUT2D eigenvalue weighted by atomic mass is 16.3. The first-order chi connectivity index (χ1) is 8.65. The van der Waals surface area contributed by atoms with Crippen LogP contribution in [0.5, 0.6) is 0 Å². The summed E-state index contributed by atoms with van der Waals surface area (Å²) in [5, 5.41) is 6.78. The summed E-state index contributed by atoms with van der Waals surface area (Å²) >= 11 is 0. The predicted octanol–water partition coefficient (Wildman–Crippen LogP) is 2.22. The van der Waals surface area contributed by atoms with E-state index in [0.29, 0.717) is 6.04 Å². The summed E-state index contributed by atoms with van der Waals surface area (Å²) < 4.78 is 5.52. The monoisotopic (exact) mass is 247 g/mol. The third-order valence-electron chi connectivity index (χ3n) is 2.74. The number of nitrogens with zero attached hydrogens (tertiary/aromatic N) is 1. The number of rotatable bonds is 6. The van der Waals surface area contributed by atoms with Crippen LogP contribution in [0.4, 0.5) is 0 Å². The molecule has 18 heavy (non-hydrogen) atoms. The lowest BCUT2D eigenvalue weighted by molar-refractivity contribution is 0.553. The average Bonchev–Trinajstić information content (AvgIpc) is 2.67. The van der Waals surface area contributed by atoms with E-state index in [2.05, 4.69) is 41.6 Å². The van der Waals surface area contributed by atoms with Gasteiger partial charge in [0.15, 0.2) is 11.5 Å². The third kappa shape index (κ3) is 3.55. The maximum atomic E-state index is 5.52. The Balaban J connectivity index is 1.84. The molecule has 0 spiro atoms. The Labute approximate surface area is 108 Å². The van der Waals surface area contributed by atoms with Gasteiger partial charge in [-0.25, -0.2) is 4.98 Å². The van der Waals surface area contributed by atoms with Crippen molar-refractivity contribution in [3.63, 3.8) is 0 Å². The van der Waals surface area contributed by atoms with Crippen molar-refractivity contribution in [3.8, 4) is 0 Å². The van der Waals surface area contributed by atoms with Gasteiger partial charge in [0.05, 0.1) is 0 Å². The lowest BCUT2D eigenvalue weighted by atomic mass is 10.2. The number of nitrogens with one attached hydrogen (secondary N) is 2. The second kappa shape index (κ2) is 5.98. The van der Waals surface area contributed by atoms with Crippen molar-refractivity contribution < 1.29 is 4.42 Å². The fourth-order valence-electron chi connectivity index (χ4n) is 1.88. The minimum absolute atomic E-state index is 0.542. The maximum Gasteiger partial charge on any atom is 0.192 e. The summed E-state index contributed by atoms with van der Waals surface area (Å²) in [5.41, 5.74) is 3.02. The van der Waals surface area contributed by atoms with Crippen molar-refractivity contribution in [3.05, 3.63) is 29.7 Å². The van der Waals surface area contributed by atoms with Crippen LogP contribution in [0.15, 0.2) is 22.6 Å². The molecule has 4 nitrogen and oxygen atoms in total. The lowest BCUT2D eigenvalue weighted by Gasteiger charge is -2.08. The molecule has 98 valence electrons. The normalized spacial score (nSPS) is 11.6. The maximum absolute atomic E-state index is 5.52. The SMILES string of the molecule is Cc1nc2ccc(CNCCNC(C)C)cc2o1. The van der Waals surface area contributed by atoms with E-state index in [4.69, 9.17) is 4.42 Å². The summed E-state index contributed by atoms with van der Waals surface area (Å²) in [6.45, 7) is 8.98. The fourth-order valence-corrected chi connectivity index (χ4v) is 1.88. The Bertz CT molecular complexity index is 505. The molecule has 4 heteroatoms. The number of fused-ring (bicyclic) bond motifs is 1. The summed E-state index contributed by atoms with van der Waals surface area (Å²) in [4.78, 5) is 4.29. The minimum atomic E-state index is 0.542. The molecule has 0 aliphatic carbocycles. The van der Waals surface area contributed by atoms with Crippen LogP contribution in [0.3, 0.4) is 0 Å². The average molecular weight is 247 g/mol. The zero-order valence-electron chi connectivity index (χ0n) is 11.3. The molecule has 2 aromatic rings. The van der Waals surface area contributed by atoms with Crippen LogP contribution in [0, 0.1) is 6.92 Å². The van der Waals surface area contributed by atoms with Gasteiger partial charge in [-0.1, -0.05) is 19.9 Å². The number of aromatic nitrogens is 1. The standard InChI is InChI=1S/C14H21N3O/c1-10(2)16-7-6-15-9-12-4-5-13-14(8-12)18-11(3)17-13/h4-5,8,10,15-16H,6-7,9H2,1-3H3. The van der Waals surface area contributed by atoms with Crippen LogP contribution < -0.4 is 10.6 Å². The molecule has 0 fully saturated rings. The second-order valence-corrected chi connectivity index (χ2v) is 4.82. The van der Waals surface area contributed by atoms with E-state index in [1.165, 1.54) is 5.56 Å². The molecule has 0 aliphatic rings. The van der Waals surface area contributed by atoms with E-state index in [9.17, 15) is 0 Å². The van der Waals surface area contributed by atoms with Crippen LogP contribution >= 0.6 is 0 Å². The molecule has 2 N–H and O–H groups in total. The molecule has 0 saturated carbocycles. The van der Waals surface area contributed by atoms with Gasteiger partial charge < -0.3 is 15.1 Å². The predicted molar refractivity (Wildman–Crippen MR) is 73.6 cm³/mol. The first kappa shape index (κ1) is 13.1. The first-order valence-corrected chi connectivity index (χ1v) is 6.45. The molecule has 0 unspecified atom stereocenters. The number of benzene rings is 1. The number of oxazole rings is 1. The molecule has 0 atom stereocenters. The van der Waals surface area contributed by atoms with Gasteiger partial charge in [-0.15, -0.1) is 0 Å².